The predicted octanol–water partition coefficient (Wildman–Crippen LogP) is 3.63. The molecule has 0 heterocycles. The van der Waals surface area contributed by atoms with Gasteiger partial charge in [-0.25, -0.2) is 0 Å². The van der Waals surface area contributed by atoms with Crippen LogP contribution in [0, 0.1) is 0 Å². The molecule has 2 aromatic carbocycles. The van der Waals surface area contributed by atoms with Crippen molar-refractivity contribution in [2.75, 3.05) is 17.2 Å². The number of Topliss-reactive ketones (excluding diaryl/α,β-unsaturated/α-hetero) is 1. The van der Waals surface area contributed by atoms with Gasteiger partial charge in [-0.2, -0.15) is 0 Å². The van der Waals surface area contributed by atoms with Gasteiger partial charge in [-0.3, -0.25) is 14.4 Å². The number of halogens is 1. The van der Waals surface area contributed by atoms with Crippen LogP contribution < -0.4 is 15.4 Å². The summed E-state index contributed by atoms with van der Waals surface area (Å²) in [5.74, 6) is -0.313. The van der Waals surface area contributed by atoms with Gasteiger partial charge in [0.15, 0.2) is 6.61 Å². The molecule has 2 rings (SSSR count). The second-order valence-corrected chi connectivity index (χ2v) is 6.12. The van der Waals surface area contributed by atoms with Gasteiger partial charge in [-0.1, -0.05) is 12.1 Å². The highest BCUT2D eigenvalue weighted by atomic mass is 79.9. The fraction of sp³-hybridized carbons (Fsp3) is 0.167. The molecule has 6 nitrogen and oxygen atoms in total. The molecule has 0 bridgehead atoms. The van der Waals surface area contributed by atoms with E-state index >= 15 is 0 Å². The second-order valence-electron chi connectivity index (χ2n) is 5.27. The number of benzene rings is 2. The van der Waals surface area contributed by atoms with Crippen LogP contribution in [-0.2, 0) is 9.59 Å². The van der Waals surface area contributed by atoms with Crippen LogP contribution in [0.3, 0.4) is 0 Å². The molecule has 25 heavy (non-hydrogen) atoms. The Labute approximate surface area is 153 Å². The van der Waals surface area contributed by atoms with Crippen LogP contribution in [0.1, 0.15) is 24.2 Å². The molecule has 2 N–H and O–H groups in total. The molecule has 0 radical (unpaired) electrons. The molecule has 0 saturated heterocycles. The number of ether oxygens (including phenoxy) is 1. The van der Waals surface area contributed by atoms with Crippen LogP contribution in [0.15, 0.2) is 46.9 Å². The van der Waals surface area contributed by atoms with E-state index in [1.165, 1.54) is 19.9 Å². The number of carbonyl (C=O) groups is 3. The van der Waals surface area contributed by atoms with Crippen molar-refractivity contribution in [3.63, 3.8) is 0 Å². The maximum absolute atomic E-state index is 12.5. The Bertz CT molecular complexity index is 820. The van der Waals surface area contributed by atoms with Gasteiger partial charge in [0.05, 0.1) is 10.2 Å². The Morgan fingerprint density at radius 2 is 1.68 bits per heavy atom. The van der Waals surface area contributed by atoms with Crippen molar-refractivity contribution in [1.29, 1.82) is 0 Å². The maximum Gasteiger partial charge on any atom is 0.221 e. The number of para-hydroxylation sites is 1. The van der Waals surface area contributed by atoms with Gasteiger partial charge in [0.1, 0.15) is 5.75 Å². The maximum atomic E-state index is 12.5. The fourth-order valence-electron chi connectivity index (χ4n) is 2.14. The first kappa shape index (κ1) is 18.7. The Hall–Kier alpha value is -2.67. The molecule has 7 heteroatoms. The van der Waals surface area contributed by atoms with E-state index in [2.05, 4.69) is 26.6 Å². The fourth-order valence-corrected chi connectivity index (χ4v) is 2.54. The third-order valence-electron chi connectivity index (χ3n) is 3.15. The zero-order valence-corrected chi connectivity index (χ0v) is 15.3. The van der Waals surface area contributed by atoms with Gasteiger partial charge in [-0.05, 0) is 46.3 Å². The molecule has 130 valence electrons. The van der Waals surface area contributed by atoms with Crippen molar-refractivity contribution >= 4 is 44.9 Å². The SMILES string of the molecule is CC(=O)Nc1ccc(C(=O)COc2ccccc2Br)c(NC(C)=O)c1. The summed E-state index contributed by atoms with van der Waals surface area (Å²) in [5.41, 5.74) is 1.11. The average molecular weight is 405 g/mol. The molecule has 0 aromatic heterocycles. The van der Waals surface area contributed by atoms with Crippen molar-refractivity contribution < 1.29 is 19.1 Å². The minimum atomic E-state index is -0.319. The van der Waals surface area contributed by atoms with Gasteiger partial charge >= 0.3 is 0 Å². The molecule has 0 aliphatic rings. The van der Waals surface area contributed by atoms with Crippen molar-refractivity contribution in [2.45, 2.75) is 13.8 Å². The molecular formula is C18H17BrN2O4. The Morgan fingerprint density at radius 3 is 2.32 bits per heavy atom. The summed E-state index contributed by atoms with van der Waals surface area (Å²) in [4.78, 5) is 35.1. The van der Waals surface area contributed by atoms with Crippen LogP contribution in [0.4, 0.5) is 11.4 Å². The monoisotopic (exact) mass is 404 g/mol. The zero-order valence-electron chi connectivity index (χ0n) is 13.8. The Kier molecular flexibility index (Phi) is 6.30. The van der Waals surface area contributed by atoms with Crippen molar-refractivity contribution in [3.8, 4) is 5.75 Å². The predicted molar refractivity (Wildman–Crippen MR) is 99.0 cm³/mol. The van der Waals surface area contributed by atoms with E-state index < -0.39 is 0 Å². The summed E-state index contributed by atoms with van der Waals surface area (Å²) in [6.45, 7) is 2.54. The molecule has 0 saturated carbocycles. The van der Waals surface area contributed by atoms with E-state index in [0.717, 1.165) is 4.47 Å². The topological polar surface area (TPSA) is 84.5 Å². The number of nitrogens with one attached hydrogen (secondary N) is 2. The molecule has 2 aromatic rings. The van der Waals surface area contributed by atoms with Crippen LogP contribution in [-0.4, -0.2) is 24.2 Å². The van der Waals surface area contributed by atoms with Gasteiger partial charge in [0, 0.05) is 25.1 Å². The quantitative estimate of drug-likeness (QED) is 0.719. The Balaban J connectivity index is 2.20. The number of hydrogen-bond acceptors (Lipinski definition) is 4. The van der Waals surface area contributed by atoms with Gasteiger partial charge in [-0.15, -0.1) is 0 Å². The minimum absolute atomic E-state index is 0.186. The summed E-state index contributed by atoms with van der Waals surface area (Å²) in [6, 6.07) is 11.9. The number of rotatable bonds is 6. The number of carbonyl (C=O) groups excluding carboxylic acids is 3. The van der Waals surface area contributed by atoms with E-state index in [9.17, 15) is 14.4 Å². The normalized spacial score (nSPS) is 10.0. The largest absolute Gasteiger partial charge is 0.484 e. The van der Waals surface area contributed by atoms with Crippen molar-refractivity contribution in [1.82, 2.24) is 0 Å². The highest BCUT2D eigenvalue weighted by Gasteiger charge is 2.15. The highest BCUT2D eigenvalue weighted by Crippen LogP contribution is 2.25. The van der Waals surface area contributed by atoms with Gasteiger partial charge < -0.3 is 15.4 Å². The third kappa shape index (κ3) is 5.42. The first-order valence-corrected chi connectivity index (χ1v) is 8.26. The third-order valence-corrected chi connectivity index (χ3v) is 3.80. The van der Waals surface area contributed by atoms with E-state index in [0.29, 0.717) is 22.7 Å². The van der Waals surface area contributed by atoms with Gasteiger partial charge in [0.25, 0.3) is 0 Å². The molecule has 0 spiro atoms. The molecule has 0 aliphatic heterocycles. The number of ketones is 1. The van der Waals surface area contributed by atoms with Crippen LogP contribution in [0.2, 0.25) is 0 Å². The van der Waals surface area contributed by atoms with E-state index in [1.54, 1.807) is 24.3 Å². The lowest BCUT2D eigenvalue weighted by molar-refractivity contribution is -0.115. The molecule has 0 fully saturated rings. The smallest absolute Gasteiger partial charge is 0.221 e. The van der Waals surface area contributed by atoms with Crippen LogP contribution >= 0.6 is 15.9 Å². The summed E-state index contributed by atoms with van der Waals surface area (Å²) in [6.07, 6.45) is 0. The van der Waals surface area contributed by atoms with E-state index in [4.69, 9.17) is 4.74 Å². The van der Waals surface area contributed by atoms with Crippen molar-refractivity contribution in [3.05, 3.63) is 52.5 Å². The van der Waals surface area contributed by atoms with Crippen molar-refractivity contribution in [2.24, 2.45) is 0 Å². The molecule has 0 aliphatic carbocycles. The first-order chi connectivity index (χ1) is 11.9. The minimum Gasteiger partial charge on any atom is -0.484 e. The lowest BCUT2D eigenvalue weighted by Gasteiger charge is -2.13. The number of amides is 2. The number of anilines is 2. The molecule has 0 atom stereocenters. The summed E-state index contributed by atoms with van der Waals surface area (Å²) in [7, 11) is 0. The van der Waals surface area contributed by atoms with Crippen LogP contribution in [0.25, 0.3) is 0 Å². The van der Waals surface area contributed by atoms with E-state index in [-0.39, 0.29) is 24.2 Å². The Morgan fingerprint density at radius 1 is 1.00 bits per heavy atom. The van der Waals surface area contributed by atoms with E-state index in [1.807, 2.05) is 12.1 Å². The average Bonchev–Trinajstić information content (AvgIpc) is 2.53. The molecule has 2 amide bonds. The standard InChI is InChI=1S/C18H17BrN2O4/c1-11(22)20-13-7-8-14(16(9-13)21-12(2)23)17(24)10-25-18-6-4-3-5-15(18)19/h3-9H,10H2,1-2H3,(H,20,22)(H,21,23). The second kappa shape index (κ2) is 8.43. The molecular weight excluding hydrogens is 388 g/mol. The lowest BCUT2D eigenvalue weighted by atomic mass is 10.1. The molecule has 0 unspecified atom stereocenters. The van der Waals surface area contributed by atoms with Crippen LogP contribution in [0.5, 0.6) is 5.75 Å². The van der Waals surface area contributed by atoms with Gasteiger partial charge in [0.2, 0.25) is 17.6 Å². The number of hydrogen-bond donors (Lipinski definition) is 2. The first-order valence-electron chi connectivity index (χ1n) is 7.46. The highest BCUT2D eigenvalue weighted by molar-refractivity contribution is 9.10. The summed E-state index contributed by atoms with van der Waals surface area (Å²) < 4.78 is 6.27. The summed E-state index contributed by atoms with van der Waals surface area (Å²) >= 11 is 3.35. The summed E-state index contributed by atoms with van der Waals surface area (Å²) in [5, 5.41) is 5.21. The zero-order chi connectivity index (χ0) is 18.4. The lowest BCUT2D eigenvalue weighted by Crippen LogP contribution is -2.17.